The first-order chi connectivity index (χ1) is 5.26. The van der Waals surface area contributed by atoms with E-state index in [2.05, 4.69) is 37.7 Å². The van der Waals surface area contributed by atoms with Gasteiger partial charge in [0.25, 0.3) is 0 Å². The summed E-state index contributed by atoms with van der Waals surface area (Å²) in [6.45, 7) is 11.4. The van der Waals surface area contributed by atoms with Gasteiger partial charge in [0.05, 0.1) is 18.9 Å². The van der Waals surface area contributed by atoms with Gasteiger partial charge in [-0.1, -0.05) is 0 Å². The van der Waals surface area contributed by atoms with Gasteiger partial charge in [-0.05, 0) is 20.4 Å². The van der Waals surface area contributed by atoms with Crippen molar-refractivity contribution in [1.29, 1.82) is 0 Å². The molecule has 0 aromatic carbocycles. The molecule has 0 N–H and O–H groups in total. The Morgan fingerprint density at radius 3 is 2.50 bits per heavy atom. The fourth-order valence-electron chi connectivity index (χ4n) is 1.32. The van der Waals surface area contributed by atoms with Crippen molar-refractivity contribution in [2.45, 2.75) is 13.8 Å². The molecule has 12 heavy (non-hydrogen) atoms. The van der Waals surface area contributed by atoms with Gasteiger partial charge in [-0.3, -0.25) is 4.48 Å². The largest absolute Gasteiger partial charge is 1.00 e. The fourth-order valence-corrected chi connectivity index (χ4v) is 1.32. The third-order valence-electron chi connectivity index (χ3n) is 2.38. The zero-order chi connectivity index (χ0) is 8.32. The molecule has 1 atom stereocenters. The molecule has 0 spiro atoms. The van der Waals surface area contributed by atoms with Crippen molar-refractivity contribution in [3.63, 3.8) is 0 Å². The van der Waals surface area contributed by atoms with E-state index in [-0.39, 0.29) is 17.0 Å². The van der Waals surface area contributed by atoms with Crippen LogP contribution in [0.3, 0.4) is 0 Å². The molecule has 0 aromatic heterocycles. The van der Waals surface area contributed by atoms with Gasteiger partial charge in [0.2, 0.25) is 0 Å². The number of quaternary nitrogens is 1. The number of halogens is 1. The molecule has 0 saturated heterocycles. The molecule has 0 bridgehead atoms. The molecule has 0 radical (unpaired) electrons. The highest BCUT2D eigenvalue weighted by Crippen LogP contribution is 2.17. The van der Waals surface area contributed by atoms with Gasteiger partial charge in [-0.25, -0.2) is 0 Å². The van der Waals surface area contributed by atoms with Crippen molar-refractivity contribution in [3.05, 3.63) is 25.2 Å². The van der Waals surface area contributed by atoms with E-state index in [1.165, 1.54) is 0 Å². The average Bonchev–Trinajstić information content (AvgIpc) is 2.49. The summed E-state index contributed by atoms with van der Waals surface area (Å²) in [5, 5.41) is 0. The zero-order valence-corrected chi connectivity index (χ0v) is 9.42. The Morgan fingerprint density at radius 2 is 2.25 bits per heavy atom. The van der Waals surface area contributed by atoms with E-state index < -0.39 is 0 Å². The van der Waals surface area contributed by atoms with Crippen LogP contribution in [0.15, 0.2) is 25.2 Å². The van der Waals surface area contributed by atoms with Gasteiger partial charge in [0, 0.05) is 6.54 Å². The topological polar surface area (TPSA) is 3.24 Å². The summed E-state index contributed by atoms with van der Waals surface area (Å²) in [6.07, 6.45) is 6.37. The minimum atomic E-state index is 0. The summed E-state index contributed by atoms with van der Waals surface area (Å²) in [4.78, 5) is 2.30. The van der Waals surface area contributed by atoms with Crippen molar-refractivity contribution < 1.29 is 21.5 Å². The summed E-state index contributed by atoms with van der Waals surface area (Å²) in [7, 11) is 0. The highest BCUT2D eigenvalue weighted by atomic mass is 79.9. The maximum absolute atomic E-state index is 3.85. The van der Waals surface area contributed by atoms with E-state index in [0.29, 0.717) is 0 Å². The molecule has 70 valence electrons. The fraction of sp³-hybridized carbons (Fsp3) is 0.556. The minimum absolute atomic E-state index is 0. The lowest BCUT2D eigenvalue weighted by molar-refractivity contribution is -0.827. The van der Waals surface area contributed by atoms with Gasteiger partial charge in [-0.15, -0.1) is 0 Å². The monoisotopic (exact) mass is 232 g/mol. The van der Waals surface area contributed by atoms with Crippen LogP contribution in [-0.2, 0) is 0 Å². The van der Waals surface area contributed by atoms with Gasteiger partial charge in [-0.2, -0.15) is 0 Å². The summed E-state index contributed by atoms with van der Waals surface area (Å²) in [6, 6.07) is 0. The molecular formula is C9H17BrN2. The second-order valence-corrected chi connectivity index (χ2v) is 2.95. The van der Waals surface area contributed by atoms with Crippen LogP contribution < -0.4 is 17.0 Å². The quantitative estimate of drug-likeness (QED) is 0.550. The van der Waals surface area contributed by atoms with Gasteiger partial charge in [0.15, 0.2) is 6.67 Å². The van der Waals surface area contributed by atoms with Crippen molar-refractivity contribution in [1.82, 2.24) is 4.90 Å². The second-order valence-electron chi connectivity index (χ2n) is 2.95. The first-order valence-electron chi connectivity index (χ1n) is 4.20. The van der Waals surface area contributed by atoms with E-state index in [0.717, 1.165) is 24.2 Å². The maximum Gasteiger partial charge on any atom is 0.162 e. The van der Waals surface area contributed by atoms with E-state index in [1.807, 2.05) is 6.20 Å². The molecule has 1 unspecified atom stereocenters. The summed E-state index contributed by atoms with van der Waals surface area (Å²) in [5.41, 5.74) is 0. The SMILES string of the molecule is C=C[N+]1(CC)C=CN(CC)C1.[Br-]. The van der Waals surface area contributed by atoms with Crippen LogP contribution >= 0.6 is 0 Å². The van der Waals surface area contributed by atoms with Crippen LogP contribution in [0.25, 0.3) is 0 Å². The lowest BCUT2D eigenvalue weighted by atomic mass is 10.5. The molecule has 0 aromatic rings. The van der Waals surface area contributed by atoms with E-state index in [9.17, 15) is 0 Å². The molecule has 0 fully saturated rings. The Hall–Kier alpha value is -0.280. The molecule has 3 heteroatoms. The number of nitrogens with zero attached hydrogens (tertiary/aromatic N) is 2. The van der Waals surface area contributed by atoms with Crippen molar-refractivity contribution in [2.75, 3.05) is 19.8 Å². The molecule has 1 aliphatic rings. The lowest BCUT2D eigenvalue weighted by Crippen LogP contribution is -3.00. The Kier molecular flexibility index (Phi) is 4.57. The molecule has 1 rings (SSSR count). The molecule has 1 aliphatic heterocycles. The predicted molar refractivity (Wildman–Crippen MR) is 47.4 cm³/mol. The zero-order valence-electron chi connectivity index (χ0n) is 7.83. The Bertz CT molecular complexity index is 179. The molecule has 0 aliphatic carbocycles. The van der Waals surface area contributed by atoms with Gasteiger partial charge < -0.3 is 21.9 Å². The highest BCUT2D eigenvalue weighted by molar-refractivity contribution is 4.83. The molecule has 1 heterocycles. The Labute approximate surface area is 85.5 Å². The molecular weight excluding hydrogens is 216 g/mol. The normalized spacial score (nSPS) is 27.0. The summed E-state index contributed by atoms with van der Waals surface area (Å²) >= 11 is 0. The van der Waals surface area contributed by atoms with Crippen molar-refractivity contribution in [2.24, 2.45) is 0 Å². The Balaban J connectivity index is 0.00000121. The van der Waals surface area contributed by atoms with Crippen LogP contribution in [-0.4, -0.2) is 29.1 Å². The summed E-state index contributed by atoms with van der Waals surface area (Å²) < 4.78 is 0.897. The van der Waals surface area contributed by atoms with Crippen LogP contribution in [0.4, 0.5) is 0 Å². The van der Waals surface area contributed by atoms with Crippen molar-refractivity contribution in [3.8, 4) is 0 Å². The molecule has 2 nitrogen and oxygen atoms in total. The van der Waals surface area contributed by atoms with Crippen LogP contribution in [0, 0.1) is 0 Å². The van der Waals surface area contributed by atoms with Crippen LogP contribution in [0.2, 0.25) is 0 Å². The van der Waals surface area contributed by atoms with E-state index in [1.54, 1.807) is 0 Å². The van der Waals surface area contributed by atoms with Crippen LogP contribution in [0.1, 0.15) is 13.8 Å². The standard InChI is InChI=1S/C9H17N2.BrH/c1-4-10-7-8-11(5-2,6-3)9-10;/h5,7-8H,2,4,6,9H2,1,3H3;1H/q+1;/p-1. The van der Waals surface area contributed by atoms with E-state index in [4.69, 9.17) is 0 Å². The second kappa shape index (κ2) is 4.67. The third-order valence-corrected chi connectivity index (χ3v) is 2.38. The first-order valence-corrected chi connectivity index (χ1v) is 4.20. The predicted octanol–water partition coefficient (Wildman–Crippen LogP) is -1.27. The van der Waals surface area contributed by atoms with Gasteiger partial charge in [0.1, 0.15) is 6.20 Å². The minimum Gasteiger partial charge on any atom is -1.00 e. The van der Waals surface area contributed by atoms with Crippen molar-refractivity contribution >= 4 is 0 Å². The first kappa shape index (κ1) is 11.7. The Morgan fingerprint density at radius 1 is 1.58 bits per heavy atom. The lowest BCUT2D eigenvalue weighted by Gasteiger charge is -2.26. The average molecular weight is 233 g/mol. The summed E-state index contributed by atoms with van der Waals surface area (Å²) in [5.74, 6) is 0. The van der Waals surface area contributed by atoms with Gasteiger partial charge >= 0.3 is 0 Å². The smallest absolute Gasteiger partial charge is 0.162 e. The number of hydrogen-bond acceptors (Lipinski definition) is 1. The maximum atomic E-state index is 3.85. The highest BCUT2D eigenvalue weighted by Gasteiger charge is 2.26. The van der Waals surface area contributed by atoms with E-state index >= 15 is 0 Å². The number of rotatable bonds is 3. The number of hydrogen-bond donors (Lipinski definition) is 0. The third kappa shape index (κ3) is 2.11. The van der Waals surface area contributed by atoms with Crippen LogP contribution in [0.5, 0.6) is 0 Å². The molecule has 0 amide bonds. The molecule has 0 saturated carbocycles.